The van der Waals surface area contributed by atoms with Gasteiger partial charge in [-0.25, -0.2) is 4.98 Å². The molecule has 0 aliphatic rings. The molecule has 0 spiro atoms. The number of hydrogen-bond acceptors (Lipinski definition) is 4. The van der Waals surface area contributed by atoms with Gasteiger partial charge in [0, 0.05) is 19.8 Å². The standard InChI is InChI=1S/C13H16N2OS/c1-10(16)12-8-14-13(17-12)15(2)9-11-6-4-3-5-7-11/h3-8,10,16H,9H2,1-2H3. The maximum Gasteiger partial charge on any atom is 0.185 e. The van der Waals surface area contributed by atoms with E-state index in [0.29, 0.717) is 0 Å². The maximum absolute atomic E-state index is 9.46. The molecule has 1 aromatic heterocycles. The van der Waals surface area contributed by atoms with E-state index in [9.17, 15) is 5.11 Å². The first-order chi connectivity index (χ1) is 8.16. The van der Waals surface area contributed by atoms with Crippen molar-refractivity contribution in [2.75, 3.05) is 11.9 Å². The van der Waals surface area contributed by atoms with Gasteiger partial charge in [0.1, 0.15) is 0 Å². The normalized spacial score (nSPS) is 12.4. The van der Waals surface area contributed by atoms with Crippen LogP contribution >= 0.6 is 11.3 Å². The Morgan fingerprint density at radius 2 is 2.06 bits per heavy atom. The summed E-state index contributed by atoms with van der Waals surface area (Å²) in [6.45, 7) is 2.59. The van der Waals surface area contributed by atoms with Crippen LogP contribution in [0.3, 0.4) is 0 Å². The third kappa shape index (κ3) is 3.05. The van der Waals surface area contributed by atoms with Crippen molar-refractivity contribution in [1.29, 1.82) is 0 Å². The van der Waals surface area contributed by atoms with Crippen molar-refractivity contribution in [2.24, 2.45) is 0 Å². The summed E-state index contributed by atoms with van der Waals surface area (Å²) >= 11 is 1.53. The highest BCUT2D eigenvalue weighted by atomic mass is 32.1. The zero-order chi connectivity index (χ0) is 12.3. The zero-order valence-corrected chi connectivity index (χ0v) is 10.8. The van der Waals surface area contributed by atoms with E-state index in [0.717, 1.165) is 16.6 Å². The van der Waals surface area contributed by atoms with E-state index in [1.54, 1.807) is 13.1 Å². The van der Waals surface area contributed by atoms with Crippen molar-refractivity contribution in [3.63, 3.8) is 0 Å². The molecule has 0 bridgehead atoms. The number of aliphatic hydroxyl groups excluding tert-OH is 1. The third-order valence-corrected chi connectivity index (χ3v) is 3.79. The Balaban J connectivity index is 2.07. The van der Waals surface area contributed by atoms with Gasteiger partial charge >= 0.3 is 0 Å². The number of nitrogens with zero attached hydrogens (tertiary/aromatic N) is 2. The Morgan fingerprint density at radius 1 is 1.35 bits per heavy atom. The van der Waals surface area contributed by atoms with Gasteiger partial charge in [-0.05, 0) is 12.5 Å². The van der Waals surface area contributed by atoms with E-state index >= 15 is 0 Å². The van der Waals surface area contributed by atoms with Gasteiger partial charge in [-0.2, -0.15) is 0 Å². The number of benzene rings is 1. The van der Waals surface area contributed by atoms with Crippen molar-refractivity contribution >= 4 is 16.5 Å². The molecule has 0 radical (unpaired) electrons. The Morgan fingerprint density at radius 3 is 2.65 bits per heavy atom. The molecule has 0 saturated heterocycles. The summed E-state index contributed by atoms with van der Waals surface area (Å²) in [5, 5.41) is 10.4. The minimum atomic E-state index is -0.439. The van der Waals surface area contributed by atoms with Gasteiger partial charge in [0.05, 0.1) is 11.0 Å². The van der Waals surface area contributed by atoms with Crippen LogP contribution in [0.1, 0.15) is 23.5 Å². The first-order valence-electron chi connectivity index (χ1n) is 5.55. The maximum atomic E-state index is 9.46. The second-order valence-corrected chi connectivity index (χ2v) is 5.10. The highest BCUT2D eigenvalue weighted by Gasteiger charge is 2.10. The first-order valence-corrected chi connectivity index (χ1v) is 6.37. The summed E-state index contributed by atoms with van der Waals surface area (Å²) in [6, 6.07) is 10.3. The van der Waals surface area contributed by atoms with Crippen LogP contribution in [-0.4, -0.2) is 17.1 Å². The number of aliphatic hydroxyl groups is 1. The molecule has 0 aliphatic carbocycles. The van der Waals surface area contributed by atoms with Crippen molar-refractivity contribution in [1.82, 2.24) is 4.98 Å². The van der Waals surface area contributed by atoms with Gasteiger partial charge in [-0.1, -0.05) is 41.7 Å². The summed E-state index contributed by atoms with van der Waals surface area (Å²) in [6.07, 6.45) is 1.30. The van der Waals surface area contributed by atoms with E-state index in [4.69, 9.17) is 0 Å². The van der Waals surface area contributed by atoms with Gasteiger partial charge < -0.3 is 10.0 Å². The molecule has 2 rings (SSSR count). The predicted octanol–water partition coefficient (Wildman–Crippen LogP) is 2.83. The Bertz CT molecular complexity index is 467. The fraction of sp³-hybridized carbons (Fsp3) is 0.308. The lowest BCUT2D eigenvalue weighted by atomic mass is 10.2. The van der Waals surface area contributed by atoms with E-state index in [1.807, 2.05) is 25.2 Å². The largest absolute Gasteiger partial charge is 0.388 e. The Hall–Kier alpha value is -1.39. The van der Waals surface area contributed by atoms with E-state index in [-0.39, 0.29) is 0 Å². The van der Waals surface area contributed by atoms with Gasteiger partial charge in [-0.3, -0.25) is 0 Å². The fourth-order valence-electron chi connectivity index (χ4n) is 1.57. The molecule has 2 aromatic rings. The van der Waals surface area contributed by atoms with E-state index in [2.05, 4.69) is 22.0 Å². The highest BCUT2D eigenvalue weighted by molar-refractivity contribution is 7.15. The van der Waals surface area contributed by atoms with Crippen LogP contribution in [0, 0.1) is 0 Å². The molecular formula is C13H16N2OS. The van der Waals surface area contributed by atoms with Gasteiger partial charge in [-0.15, -0.1) is 0 Å². The Labute approximate surface area is 105 Å². The summed E-state index contributed by atoms with van der Waals surface area (Å²) < 4.78 is 0. The molecular weight excluding hydrogens is 232 g/mol. The fourth-order valence-corrected chi connectivity index (χ4v) is 2.38. The molecule has 1 unspecified atom stereocenters. The summed E-state index contributed by atoms with van der Waals surface area (Å²) in [7, 11) is 2.01. The molecule has 0 aliphatic heterocycles. The number of rotatable bonds is 4. The van der Waals surface area contributed by atoms with Gasteiger partial charge in [0.15, 0.2) is 5.13 Å². The second kappa shape index (κ2) is 5.29. The second-order valence-electron chi connectivity index (χ2n) is 4.06. The average molecular weight is 248 g/mol. The van der Waals surface area contributed by atoms with Crippen molar-refractivity contribution in [2.45, 2.75) is 19.6 Å². The predicted molar refractivity (Wildman–Crippen MR) is 71.3 cm³/mol. The number of anilines is 1. The van der Waals surface area contributed by atoms with Crippen LogP contribution in [0.4, 0.5) is 5.13 Å². The molecule has 1 aromatic carbocycles. The van der Waals surface area contributed by atoms with Crippen molar-refractivity contribution < 1.29 is 5.11 Å². The van der Waals surface area contributed by atoms with Crippen molar-refractivity contribution in [3.8, 4) is 0 Å². The minimum absolute atomic E-state index is 0.439. The summed E-state index contributed by atoms with van der Waals surface area (Å²) in [5.41, 5.74) is 1.25. The molecule has 1 atom stereocenters. The van der Waals surface area contributed by atoms with E-state index < -0.39 is 6.10 Å². The van der Waals surface area contributed by atoms with Crippen LogP contribution in [0.15, 0.2) is 36.5 Å². The average Bonchev–Trinajstić information content (AvgIpc) is 2.79. The Kier molecular flexibility index (Phi) is 3.76. The monoisotopic (exact) mass is 248 g/mol. The highest BCUT2D eigenvalue weighted by Crippen LogP contribution is 2.26. The van der Waals surface area contributed by atoms with Crippen LogP contribution < -0.4 is 4.90 Å². The first kappa shape index (κ1) is 12.1. The quantitative estimate of drug-likeness (QED) is 0.904. The topological polar surface area (TPSA) is 36.4 Å². The molecule has 1 N–H and O–H groups in total. The molecule has 0 amide bonds. The van der Waals surface area contributed by atoms with Crippen LogP contribution in [0.5, 0.6) is 0 Å². The molecule has 3 nitrogen and oxygen atoms in total. The molecule has 17 heavy (non-hydrogen) atoms. The van der Waals surface area contributed by atoms with Crippen LogP contribution in [0.2, 0.25) is 0 Å². The zero-order valence-electron chi connectivity index (χ0n) is 10.00. The minimum Gasteiger partial charge on any atom is -0.388 e. The number of thiazole rings is 1. The number of aromatic nitrogens is 1. The third-order valence-electron chi connectivity index (χ3n) is 2.51. The molecule has 1 heterocycles. The van der Waals surface area contributed by atoms with Gasteiger partial charge in [0.2, 0.25) is 0 Å². The SMILES string of the molecule is CC(O)c1cnc(N(C)Cc2ccccc2)s1. The lowest BCUT2D eigenvalue weighted by molar-refractivity contribution is 0.203. The molecule has 4 heteroatoms. The van der Waals surface area contributed by atoms with Crippen molar-refractivity contribution in [3.05, 3.63) is 47.0 Å². The smallest absolute Gasteiger partial charge is 0.185 e. The molecule has 90 valence electrons. The van der Waals surface area contributed by atoms with Gasteiger partial charge in [0.25, 0.3) is 0 Å². The van der Waals surface area contributed by atoms with E-state index in [1.165, 1.54) is 16.9 Å². The summed E-state index contributed by atoms with van der Waals surface area (Å²) in [5.74, 6) is 0. The van der Waals surface area contributed by atoms with Crippen LogP contribution in [-0.2, 0) is 6.54 Å². The number of hydrogen-bond donors (Lipinski definition) is 1. The lowest BCUT2D eigenvalue weighted by Gasteiger charge is -2.15. The molecule has 0 saturated carbocycles. The summed E-state index contributed by atoms with van der Waals surface area (Å²) in [4.78, 5) is 7.31. The molecule has 0 fully saturated rings. The lowest BCUT2D eigenvalue weighted by Crippen LogP contribution is -2.15. The van der Waals surface area contributed by atoms with Crippen LogP contribution in [0.25, 0.3) is 0 Å².